The molecule has 0 aliphatic heterocycles. The van der Waals surface area contributed by atoms with Gasteiger partial charge in [-0.25, -0.2) is 0 Å². The maximum atomic E-state index is 12.0. The molecule has 0 fully saturated rings. The van der Waals surface area contributed by atoms with Gasteiger partial charge in [0, 0.05) is 0 Å². The average Bonchev–Trinajstić information content (AvgIpc) is 2.71. The van der Waals surface area contributed by atoms with E-state index in [-0.39, 0.29) is 5.82 Å². The number of nitrogens with two attached hydrogens (primary N) is 1. The predicted octanol–water partition coefficient (Wildman–Crippen LogP) is 1.76. The minimum Gasteiger partial charge on any atom is -0.605 e. The second-order valence-electron chi connectivity index (χ2n) is 2.89. The lowest BCUT2D eigenvalue weighted by Gasteiger charge is -2.04. The summed E-state index contributed by atoms with van der Waals surface area (Å²) < 4.78 is 12.4. The van der Waals surface area contributed by atoms with Crippen LogP contribution in [0.4, 0.5) is 5.82 Å². The fraction of sp³-hybridized carbons (Fsp3) is 0. The molecular weight excluding hydrogens is 242 g/mol. The molecule has 0 saturated heterocycles. The zero-order valence-electron chi connectivity index (χ0n) is 8.08. The maximum Gasteiger partial charge on any atom is 0.310 e. The van der Waals surface area contributed by atoms with Crippen molar-refractivity contribution in [2.75, 3.05) is 5.73 Å². The Hall–Kier alpha value is -1.55. The standard InChI is InChI=1S/C10H7N3OS2/c11-6-8-9(12)13-10(15-8)16(14)7-4-2-1-3-5-7/h1-5H,12H2. The molecule has 2 rings (SSSR count). The molecule has 2 aromatic rings. The van der Waals surface area contributed by atoms with Gasteiger partial charge >= 0.3 is 4.34 Å². The SMILES string of the molecule is N#Cc1sc([S+]([O-])c2ccccc2)nc1N. The molecule has 1 aromatic carbocycles. The largest absolute Gasteiger partial charge is 0.605 e. The molecule has 16 heavy (non-hydrogen) atoms. The molecule has 0 radical (unpaired) electrons. The lowest BCUT2D eigenvalue weighted by atomic mass is 10.4. The van der Waals surface area contributed by atoms with Gasteiger partial charge in [0.1, 0.15) is 6.07 Å². The Kier molecular flexibility index (Phi) is 3.10. The molecule has 80 valence electrons. The molecule has 0 aliphatic carbocycles. The number of aromatic nitrogens is 1. The number of rotatable bonds is 2. The number of nitrogen functional groups attached to an aromatic ring is 1. The van der Waals surface area contributed by atoms with Crippen LogP contribution in [0.25, 0.3) is 0 Å². The normalized spacial score (nSPS) is 12.0. The lowest BCUT2D eigenvalue weighted by Crippen LogP contribution is -2.01. The van der Waals surface area contributed by atoms with E-state index in [2.05, 4.69) is 4.98 Å². The Morgan fingerprint density at radius 3 is 2.62 bits per heavy atom. The maximum absolute atomic E-state index is 12.0. The predicted molar refractivity (Wildman–Crippen MR) is 62.4 cm³/mol. The van der Waals surface area contributed by atoms with Gasteiger partial charge in [-0.2, -0.15) is 10.2 Å². The average molecular weight is 249 g/mol. The number of nitrogens with zero attached hydrogens (tertiary/aromatic N) is 2. The highest BCUT2D eigenvalue weighted by Crippen LogP contribution is 2.28. The van der Waals surface area contributed by atoms with E-state index in [0.29, 0.717) is 14.1 Å². The van der Waals surface area contributed by atoms with Gasteiger partial charge in [-0.3, -0.25) is 0 Å². The molecule has 0 bridgehead atoms. The molecule has 0 amide bonds. The fourth-order valence-electron chi connectivity index (χ4n) is 1.12. The molecule has 0 spiro atoms. The molecular formula is C10H7N3OS2. The number of hydrogen-bond donors (Lipinski definition) is 1. The molecule has 1 unspecified atom stereocenters. The smallest absolute Gasteiger partial charge is 0.310 e. The minimum absolute atomic E-state index is 0.145. The van der Waals surface area contributed by atoms with Crippen LogP contribution in [0.2, 0.25) is 0 Å². The molecule has 6 heteroatoms. The van der Waals surface area contributed by atoms with Gasteiger partial charge in [-0.05, 0) is 23.5 Å². The van der Waals surface area contributed by atoms with Crippen molar-refractivity contribution in [1.29, 1.82) is 5.26 Å². The van der Waals surface area contributed by atoms with Crippen LogP contribution in [-0.4, -0.2) is 9.54 Å². The zero-order valence-corrected chi connectivity index (χ0v) is 9.72. The number of thiazole rings is 1. The van der Waals surface area contributed by atoms with Crippen molar-refractivity contribution in [2.45, 2.75) is 9.24 Å². The lowest BCUT2D eigenvalue weighted by molar-refractivity contribution is 0.594. The number of anilines is 1. The number of nitriles is 1. The van der Waals surface area contributed by atoms with E-state index >= 15 is 0 Å². The van der Waals surface area contributed by atoms with E-state index in [4.69, 9.17) is 11.0 Å². The Bertz CT molecular complexity index is 533. The monoisotopic (exact) mass is 249 g/mol. The zero-order chi connectivity index (χ0) is 11.5. The number of hydrogen-bond acceptors (Lipinski definition) is 5. The van der Waals surface area contributed by atoms with Crippen molar-refractivity contribution in [2.24, 2.45) is 0 Å². The van der Waals surface area contributed by atoms with Crippen LogP contribution in [0.15, 0.2) is 39.6 Å². The third-order valence-electron chi connectivity index (χ3n) is 1.85. The van der Waals surface area contributed by atoms with Gasteiger partial charge in [0.2, 0.25) is 0 Å². The summed E-state index contributed by atoms with van der Waals surface area (Å²) in [6.07, 6.45) is 0. The summed E-state index contributed by atoms with van der Waals surface area (Å²) in [5.74, 6) is 0.145. The van der Waals surface area contributed by atoms with Gasteiger partial charge in [0.25, 0.3) is 0 Å². The van der Waals surface area contributed by atoms with Crippen LogP contribution in [0.5, 0.6) is 0 Å². The Morgan fingerprint density at radius 1 is 1.38 bits per heavy atom. The van der Waals surface area contributed by atoms with E-state index in [0.717, 1.165) is 11.3 Å². The van der Waals surface area contributed by atoms with E-state index < -0.39 is 11.2 Å². The summed E-state index contributed by atoms with van der Waals surface area (Å²) in [7, 11) is 0. The van der Waals surface area contributed by atoms with E-state index in [1.165, 1.54) is 0 Å². The second kappa shape index (κ2) is 4.53. The van der Waals surface area contributed by atoms with Gasteiger partial charge < -0.3 is 10.3 Å². The summed E-state index contributed by atoms with van der Waals surface area (Å²) in [6, 6.07) is 10.9. The second-order valence-corrected chi connectivity index (χ2v) is 5.54. The van der Waals surface area contributed by atoms with Crippen LogP contribution < -0.4 is 5.73 Å². The molecule has 1 aromatic heterocycles. The van der Waals surface area contributed by atoms with Crippen LogP contribution in [-0.2, 0) is 11.2 Å². The van der Waals surface area contributed by atoms with Crippen LogP contribution >= 0.6 is 11.3 Å². The molecule has 1 heterocycles. The van der Waals surface area contributed by atoms with Crippen molar-refractivity contribution in [3.63, 3.8) is 0 Å². The first-order chi connectivity index (χ1) is 7.72. The fourth-order valence-corrected chi connectivity index (χ4v) is 3.26. The van der Waals surface area contributed by atoms with E-state index in [9.17, 15) is 4.55 Å². The Balaban J connectivity index is 2.35. The first-order valence-electron chi connectivity index (χ1n) is 4.35. The summed E-state index contributed by atoms with van der Waals surface area (Å²) in [6.45, 7) is 0. The summed E-state index contributed by atoms with van der Waals surface area (Å²) in [5, 5.41) is 8.73. The third-order valence-corrected chi connectivity index (χ3v) is 4.43. The highest BCUT2D eigenvalue weighted by Gasteiger charge is 2.21. The van der Waals surface area contributed by atoms with Gasteiger partial charge in [0.05, 0.1) is 11.2 Å². The highest BCUT2D eigenvalue weighted by atomic mass is 32.2. The molecule has 1 atom stereocenters. The quantitative estimate of drug-likeness (QED) is 0.822. The topological polar surface area (TPSA) is 85.8 Å². The Labute approximate surface area is 99.5 Å². The number of benzene rings is 1. The first-order valence-corrected chi connectivity index (χ1v) is 6.32. The molecule has 4 nitrogen and oxygen atoms in total. The molecule has 0 aliphatic rings. The molecule has 0 saturated carbocycles. The minimum atomic E-state index is -1.36. The van der Waals surface area contributed by atoms with Crippen molar-refractivity contribution >= 4 is 28.3 Å². The summed E-state index contributed by atoms with van der Waals surface area (Å²) in [5.41, 5.74) is 5.51. The summed E-state index contributed by atoms with van der Waals surface area (Å²) in [4.78, 5) is 4.89. The van der Waals surface area contributed by atoms with Crippen molar-refractivity contribution in [3.8, 4) is 6.07 Å². The van der Waals surface area contributed by atoms with E-state index in [1.54, 1.807) is 24.3 Å². The van der Waals surface area contributed by atoms with E-state index in [1.807, 2.05) is 12.1 Å². The van der Waals surface area contributed by atoms with Gasteiger partial charge in [0.15, 0.2) is 15.6 Å². The molecule has 2 N–H and O–H groups in total. The highest BCUT2D eigenvalue weighted by molar-refractivity contribution is 7.93. The van der Waals surface area contributed by atoms with Gasteiger partial charge in [-0.15, -0.1) is 0 Å². The van der Waals surface area contributed by atoms with Crippen LogP contribution in [0, 0.1) is 11.3 Å². The Morgan fingerprint density at radius 2 is 2.06 bits per heavy atom. The third kappa shape index (κ3) is 2.02. The van der Waals surface area contributed by atoms with Crippen LogP contribution in [0.1, 0.15) is 4.88 Å². The van der Waals surface area contributed by atoms with Gasteiger partial charge in [-0.1, -0.05) is 18.2 Å². The van der Waals surface area contributed by atoms with Crippen LogP contribution in [0.3, 0.4) is 0 Å². The van der Waals surface area contributed by atoms with Crippen molar-refractivity contribution in [3.05, 3.63) is 35.2 Å². The first kappa shape index (κ1) is 11.0. The van der Waals surface area contributed by atoms with Crippen molar-refractivity contribution in [1.82, 2.24) is 4.98 Å². The summed E-state index contributed by atoms with van der Waals surface area (Å²) >= 11 is -0.296. The van der Waals surface area contributed by atoms with Crippen molar-refractivity contribution < 1.29 is 4.55 Å².